The van der Waals surface area contributed by atoms with Crippen molar-refractivity contribution in [1.82, 2.24) is 29.7 Å². The van der Waals surface area contributed by atoms with Crippen LogP contribution in [0.25, 0.3) is 11.3 Å². The molecule has 1 fully saturated rings. The van der Waals surface area contributed by atoms with Crippen LogP contribution in [0.15, 0.2) is 47.3 Å². The lowest BCUT2D eigenvalue weighted by Crippen LogP contribution is -2.30. The van der Waals surface area contributed by atoms with Gasteiger partial charge in [0.15, 0.2) is 11.5 Å². The van der Waals surface area contributed by atoms with Crippen LogP contribution >= 0.6 is 39.1 Å². The summed E-state index contributed by atoms with van der Waals surface area (Å²) in [6.45, 7) is 0.555. The van der Waals surface area contributed by atoms with Gasteiger partial charge in [0.2, 0.25) is 0 Å². The Morgan fingerprint density at radius 3 is 2.70 bits per heavy atom. The van der Waals surface area contributed by atoms with Crippen LogP contribution in [0, 0.1) is 5.92 Å². The van der Waals surface area contributed by atoms with Gasteiger partial charge in [-0.05, 0) is 59.0 Å². The zero-order valence-electron chi connectivity index (χ0n) is 16.9. The molecule has 33 heavy (non-hydrogen) atoms. The number of aromatic nitrogens is 5. The van der Waals surface area contributed by atoms with Gasteiger partial charge in [-0.3, -0.25) is 9.59 Å². The van der Waals surface area contributed by atoms with Gasteiger partial charge >= 0.3 is 0 Å². The summed E-state index contributed by atoms with van der Waals surface area (Å²) in [4.78, 5) is 30.6. The zero-order chi connectivity index (χ0) is 23.1. The lowest BCUT2D eigenvalue weighted by molar-refractivity contribution is 0.0945. The van der Waals surface area contributed by atoms with Gasteiger partial charge in [-0.2, -0.15) is 10.2 Å². The second kappa shape index (κ2) is 8.77. The molecule has 4 aromatic heterocycles. The Labute approximate surface area is 206 Å². The molecule has 0 spiro atoms. The Hall–Kier alpha value is -2.95. The van der Waals surface area contributed by atoms with Gasteiger partial charge in [-0.1, -0.05) is 23.2 Å². The summed E-state index contributed by atoms with van der Waals surface area (Å²) in [7, 11) is 0. The highest BCUT2D eigenvalue weighted by Gasteiger charge is 2.27. The van der Waals surface area contributed by atoms with Crippen LogP contribution < -0.4 is 10.6 Å². The normalized spacial score (nSPS) is 13.3. The third-order valence-electron chi connectivity index (χ3n) is 5.19. The number of hydrogen-bond donors (Lipinski definition) is 2. The van der Waals surface area contributed by atoms with E-state index in [0.717, 1.165) is 12.8 Å². The van der Waals surface area contributed by atoms with Crippen LogP contribution in [0.1, 0.15) is 33.8 Å². The summed E-state index contributed by atoms with van der Waals surface area (Å²) in [5.41, 5.74) is 1.05. The molecular formula is C21H16BrCl2N7O2. The van der Waals surface area contributed by atoms with Gasteiger partial charge in [-0.25, -0.2) is 14.2 Å². The van der Waals surface area contributed by atoms with E-state index >= 15 is 0 Å². The van der Waals surface area contributed by atoms with E-state index in [-0.39, 0.29) is 33.8 Å². The summed E-state index contributed by atoms with van der Waals surface area (Å²) < 4.78 is 3.17. The smallest absolute Gasteiger partial charge is 0.274 e. The van der Waals surface area contributed by atoms with Gasteiger partial charge in [0.1, 0.15) is 10.3 Å². The molecule has 12 heteroatoms. The maximum atomic E-state index is 13.3. The third-order valence-corrected chi connectivity index (χ3v) is 6.17. The number of nitrogens with one attached hydrogen (secondary N) is 2. The number of nitrogens with zero attached hydrogens (tertiary/aromatic N) is 5. The van der Waals surface area contributed by atoms with Crippen molar-refractivity contribution in [3.63, 3.8) is 0 Å². The molecule has 0 atom stereocenters. The van der Waals surface area contributed by atoms with E-state index in [4.69, 9.17) is 23.2 Å². The molecule has 0 saturated heterocycles. The minimum absolute atomic E-state index is 0.137. The number of pyridine rings is 2. The topological polar surface area (TPSA) is 106 Å². The number of carbonyl (C=O) groups excluding carboxylic acids is 2. The molecule has 1 aliphatic carbocycles. The SMILES string of the molecule is O=C(Nc1c(Cl)cc2ccnn2c1C(=O)NCC1CC1)c1cc(Br)nn1-c1ncccc1Cl. The van der Waals surface area contributed by atoms with E-state index in [2.05, 4.69) is 41.7 Å². The van der Waals surface area contributed by atoms with E-state index in [1.54, 1.807) is 36.7 Å². The fourth-order valence-corrected chi connectivity index (χ4v) is 4.21. The summed E-state index contributed by atoms with van der Waals surface area (Å²) in [5, 5.41) is 14.7. The van der Waals surface area contributed by atoms with E-state index in [1.165, 1.54) is 15.3 Å². The Bertz CT molecular complexity index is 1400. The van der Waals surface area contributed by atoms with Crippen molar-refractivity contribution in [2.24, 2.45) is 5.92 Å². The van der Waals surface area contributed by atoms with Crippen molar-refractivity contribution >= 4 is 62.2 Å². The average molecular weight is 549 g/mol. The lowest BCUT2D eigenvalue weighted by atomic mass is 10.2. The summed E-state index contributed by atoms with van der Waals surface area (Å²) in [6.07, 6.45) is 5.28. The molecule has 9 nitrogen and oxygen atoms in total. The zero-order valence-corrected chi connectivity index (χ0v) is 20.0. The van der Waals surface area contributed by atoms with E-state index in [0.29, 0.717) is 27.6 Å². The fraction of sp³-hybridized carbons (Fsp3) is 0.190. The Kier molecular flexibility index (Phi) is 5.81. The van der Waals surface area contributed by atoms with Crippen molar-refractivity contribution in [3.05, 3.63) is 68.8 Å². The number of hydrogen-bond acceptors (Lipinski definition) is 5. The molecule has 2 N–H and O–H groups in total. The first-order valence-corrected chi connectivity index (χ1v) is 11.6. The maximum absolute atomic E-state index is 13.3. The standard InChI is InChI=1S/C21H16BrCl2N7O2/c22-16-9-15(31(29-16)19-13(23)2-1-6-25-19)20(32)28-17-14(24)8-12-5-7-27-30(12)18(17)21(33)26-10-11-3-4-11/h1-2,5-9,11H,3-4,10H2,(H,26,33)(H,28,32). The number of halogens is 3. The summed E-state index contributed by atoms with van der Waals surface area (Å²) in [5.74, 6) is -0.171. The van der Waals surface area contributed by atoms with Crippen LogP contribution in [0.5, 0.6) is 0 Å². The van der Waals surface area contributed by atoms with Crippen LogP contribution in [-0.4, -0.2) is 42.7 Å². The highest BCUT2D eigenvalue weighted by molar-refractivity contribution is 9.10. The molecule has 0 bridgehead atoms. The van der Waals surface area contributed by atoms with Crippen LogP contribution in [0.2, 0.25) is 10.0 Å². The van der Waals surface area contributed by atoms with Crippen LogP contribution in [0.3, 0.4) is 0 Å². The highest BCUT2D eigenvalue weighted by atomic mass is 79.9. The molecule has 168 valence electrons. The Morgan fingerprint density at radius 1 is 1.12 bits per heavy atom. The van der Waals surface area contributed by atoms with Crippen molar-refractivity contribution < 1.29 is 9.59 Å². The molecule has 5 rings (SSSR count). The number of carbonyl (C=O) groups is 2. The quantitative estimate of drug-likeness (QED) is 0.372. The molecule has 0 unspecified atom stereocenters. The number of rotatable bonds is 6. The molecule has 4 heterocycles. The van der Waals surface area contributed by atoms with E-state index in [9.17, 15) is 9.59 Å². The predicted molar refractivity (Wildman–Crippen MR) is 127 cm³/mol. The second-order valence-corrected chi connectivity index (χ2v) is 9.19. The second-order valence-electron chi connectivity index (χ2n) is 7.56. The molecule has 2 amide bonds. The van der Waals surface area contributed by atoms with Gasteiger partial charge in [0.25, 0.3) is 11.8 Å². The summed E-state index contributed by atoms with van der Waals surface area (Å²) >= 11 is 16.1. The number of fused-ring (bicyclic) bond motifs is 1. The molecule has 0 aromatic carbocycles. The lowest BCUT2D eigenvalue weighted by Gasteiger charge is -2.15. The molecular weight excluding hydrogens is 533 g/mol. The van der Waals surface area contributed by atoms with Gasteiger partial charge in [0.05, 0.1) is 27.4 Å². The van der Waals surface area contributed by atoms with Gasteiger partial charge in [-0.15, -0.1) is 0 Å². The first kappa shape index (κ1) is 21.9. The van der Waals surface area contributed by atoms with Gasteiger partial charge in [0, 0.05) is 18.8 Å². The molecule has 0 radical (unpaired) electrons. The Balaban J connectivity index is 1.54. The first-order valence-electron chi connectivity index (χ1n) is 10.0. The van der Waals surface area contributed by atoms with E-state index in [1.807, 2.05) is 0 Å². The maximum Gasteiger partial charge on any atom is 0.274 e. The van der Waals surface area contributed by atoms with Crippen molar-refractivity contribution in [2.45, 2.75) is 12.8 Å². The highest BCUT2D eigenvalue weighted by Crippen LogP contribution is 2.31. The minimum atomic E-state index is -0.556. The molecule has 0 aliphatic heterocycles. The van der Waals surface area contributed by atoms with E-state index < -0.39 is 5.91 Å². The van der Waals surface area contributed by atoms with Crippen molar-refractivity contribution in [3.8, 4) is 5.82 Å². The number of amides is 2. The minimum Gasteiger partial charge on any atom is -0.350 e. The third kappa shape index (κ3) is 4.33. The molecule has 4 aromatic rings. The predicted octanol–water partition coefficient (Wildman–Crippen LogP) is 4.38. The van der Waals surface area contributed by atoms with Crippen molar-refractivity contribution in [1.29, 1.82) is 0 Å². The average Bonchev–Trinajstić information content (AvgIpc) is 3.37. The number of anilines is 1. The largest absolute Gasteiger partial charge is 0.350 e. The molecule has 1 saturated carbocycles. The summed E-state index contributed by atoms with van der Waals surface area (Å²) in [6, 6.07) is 8.20. The first-order chi connectivity index (χ1) is 15.9. The van der Waals surface area contributed by atoms with Gasteiger partial charge < -0.3 is 10.6 Å². The van der Waals surface area contributed by atoms with Crippen LogP contribution in [0.4, 0.5) is 5.69 Å². The van der Waals surface area contributed by atoms with Crippen LogP contribution in [-0.2, 0) is 0 Å². The monoisotopic (exact) mass is 547 g/mol. The Morgan fingerprint density at radius 2 is 1.94 bits per heavy atom. The fourth-order valence-electron chi connectivity index (χ4n) is 3.39. The van der Waals surface area contributed by atoms with Crippen molar-refractivity contribution in [2.75, 3.05) is 11.9 Å². The molecule has 1 aliphatic rings.